The maximum atomic E-state index is 12.1. The number of nitrogens with zero attached hydrogens (tertiary/aromatic N) is 2. The van der Waals surface area contributed by atoms with E-state index < -0.39 is 35.9 Å². The summed E-state index contributed by atoms with van der Waals surface area (Å²) in [5.41, 5.74) is 8.50. The SMILES string of the molecule is CC(=O)Oc1ccccc1CN(CC(=O)O)c1ccccc1.CC(=O)Oc1ccccc1CN(Cc1ccccc1OC(C)=O)[C@@H](CCCN)C(=O)O. The van der Waals surface area contributed by atoms with Crippen LogP contribution in [0, 0.1) is 0 Å². The van der Waals surface area contributed by atoms with E-state index in [1.54, 1.807) is 70.5 Å². The summed E-state index contributed by atoms with van der Waals surface area (Å²) in [5.74, 6) is -2.04. The van der Waals surface area contributed by atoms with Crippen LogP contribution in [0.3, 0.4) is 0 Å². The van der Waals surface area contributed by atoms with Crippen molar-refractivity contribution in [2.24, 2.45) is 5.73 Å². The Morgan fingerprint density at radius 3 is 1.38 bits per heavy atom. The van der Waals surface area contributed by atoms with E-state index in [9.17, 15) is 29.1 Å². The summed E-state index contributed by atoms with van der Waals surface area (Å²) in [7, 11) is 0. The van der Waals surface area contributed by atoms with Crippen LogP contribution in [0.2, 0.25) is 0 Å². The zero-order chi connectivity index (χ0) is 38.8. The summed E-state index contributed by atoms with van der Waals surface area (Å²) >= 11 is 0. The zero-order valence-corrected chi connectivity index (χ0v) is 30.0. The summed E-state index contributed by atoms with van der Waals surface area (Å²) in [5, 5.41) is 19.0. The van der Waals surface area contributed by atoms with E-state index in [0.717, 1.165) is 11.3 Å². The molecule has 13 nitrogen and oxygen atoms in total. The second-order valence-corrected chi connectivity index (χ2v) is 11.9. The highest BCUT2D eigenvalue weighted by atomic mass is 16.5. The lowest BCUT2D eigenvalue weighted by Crippen LogP contribution is -2.41. The van der Waals surface area contributed by atoms with Gasteiger partial charge in [0.2, 0.25) is 0 Å². The van der Waals surface area contributed by atoms with Gasteiger partial charge in [0, 0.05) is 62.8 Å². The van der Waals surface area contributed by atoms with Crippen molar-refractivity contribution in [2.75, 3.05) is 18.0 Å². The first-order valence-corrected chi connectivity index (χ1v) is 16.9. The second-order valence-electron chi connectivity index (χ2n) is 11.9. The Bertz CT molecular complexity index is 1770. The van der Waals surface area contributed by atoms with Crippen LogP contribution in [-0.2, 0) is 43.6 Å². The quantitative estimate of drug-likeness (QED) is 0.0924. The number of para-hydroxylation sites is 4. The van der Waals surface area contributed by atoms with Crippen molar-refractivity contribution in [1.29, 1.82) is 0 Å². The summed E-state index contributed by atoms with van der Waals surface area (Å²) in [4.78, 5) is 60.8. The highest BCUT2D eigenvalue weighted by Gasteiger charge is 2.27. The van der Waals surface area contributed by atoms with Crippen molar-refractivity contribution in [3.8, 4) is 17.2 Å². The molecule has 0 saturated carbocycles. The fourth-order valence-electron chi connectivity index (χ4n) is 5.40. The van der Waals surface area contributed by atoms with Gasteiger partial charge in [-0.15, -0.1) is 0 Å². The van der Waals surface area contributed by atoms with Crippen molar-refractivity contribution >= 4 is 35.5 Å². The summed E-state index contributed by atoms with van der Waals surface area (Å²) in [6.45, 7) is 4.93. The molecule has 0 aliphatic carbocycles. The number of esters is 3. The summed E-state index contributed by atoms with van der Waals surface area (Å²) in [6.07, 6.45) is 0.877. The summed E-state index contributed by atoms with van der Waals surface area (Å²) in [6, 6.07) is 29.5. The average molecular weight is 728 g/mol. The maximum Gasteiger partial charge on any atom is 0.323 e. The van der Waals surface area contributed by atoms with E-state index >= 15 is 0 Å². The van der Waals surface area contributed by atoms with E-state index in [4.69, 9.17) is 25.1 Å². The molecule has 0 aliphatic rings. The number of nitrogens with two attached hydrogens (primary N) is 1. The molecular formula is C40H45N3O10. The first kappa shape index (κ1) is 41.4. The number of carbonyl (C=O) groups excluding carboxylic acids is 3. The van der Waals surface area contributed by atoms with Gasteiger partial charge in [0.1, 0.15) is 29.8 Å². The monoisotopic (exact) mass is 727 g/mol. The maximum absolute atomic E-state index is 12.1. The Hall–Kier alpha value is -6.05. The van der Waals surface area contributed by atoms with Gasteiger partial charge < -0.3 is 35.1 Å². The Balaban J connectivity index is 0.000000302. The van der Waals surface area contributed by atoms with Crippen molar-refractivity contribution in [2.45, 2.75) is 59.3 Å². The van der Waals surface area contributed by atoms with Gasteiger partial charge in [0.05, 0.1) is 0 Å². The average Bonchev–Trinajstić information content (AvgIpc) is 3.10. The molecule has 0 aromatic heterocycles. The third-order valence-corrected chi connectivity index (χ3v) is 7.64. The Labute approximate surface area is 308 Å². The lowest BCUT2D eigenvalue weighted by atomic mass is 10.1. The molecule has 0 heterocycles. The van der Waals surface area contributed by atoms with Crippen LogP contribution in [0.4, 0.5) is 5.69 Å². The van der Waals surface area contributed by atoms with Crippen molar-refractivity contribution < 1.29 is 48.4 Å². The van der Waals surface area contributed by atoms with Crippen molar-refractivity contribution in [3.05, 3.63) is 120 Å². The molecule has 13 heteroatoms. The first-order chi connectivity index (χ1) is 25.4. The highest BCUT2D eigenvalue weighted by molar-refractivity contribution is 5.75. The predicted octanol–water partition coefficient (Wildman–Crippen LogP) is 5.43. The molecule has 0 fully saturated rings. The molecule has 0 radical (unpaired) electrons. The molecule has 1 atom stereocenters. The van der Waals surface area contributed by atoms with E-state index in [2.05, 4.69) is 0 Å². The van der Waals surface area contributed by atoms with E-state index in [0.29, 0.717) is 54.3 Å². The second kappa shape index (κ2) is 21.3. The van der Waals surface area contributed by atoms with Crippen molar-refractivity contribution in [3.63, 3.8) is 0 Å². The molecule has 0 bridgehead atoms. The van der Waals surface area contributed by atoms with E-state index in [-0.39, 0.29) is 19.6 Å². The molecule has 4 aromatic rings. The molecule has 0 aliphatic heterocycles. The number of anilines is 1. The van der Waals surface area contributed by atoms with Crippen LogP contribution in [0.15, 0.2) is 103 Å². The van der Waals surface area contributed by atoms with Gasteiger partial charge in [-0.25, -0.2) is 0 Å². The number of benzene rings is 4. The topological polar surface area (TPSA) is 186 Å². The van der Waals surface area contributed by atoms with E-state index in [1.165, 1.54) is 20.8 Å². The Morgan fingerprint density at radius 1 is 0.604 bits per heavy atom. The third kappa shape index (κ3) is 14.2. The molecule has 0 unspecified atom stereocenters. The number of hydrogen-bond acceptors (Lipinski definition) is 11. The lowest BCUT2D eigenvalue weighted by Gasteiger charge is -2.30. The minimum Gasteiger partial charge on any atom is -0.480 e. The number of aliphatic carboxylic acids is 2. The standard InChI is InChI=1S/C23H28N2O6.C17H17NO4/c1-16(26)30-21-11-5-3-8-18(21)14-25(20(23(28)29)10-7-13-24)15-19-9-4-6-12-22(19)31-17(2)27;1-13(19)22-16-10-6-5-7-14(16)11-18(12-17(20)21)15-8-3-2-4-9-15/h3-6,8-9,11-12,20H,7,10,13-15,24H2,1-2H3,(H,28,29);2-10H,11-12H2,1H3,(H,20,21)/t20-;/m0./s1. The summed E-state index contributed by atoms with van der Waals surface area (Å²) < 4.78 is 15.8. The largest absolute Gasteiger partial charge is 0.480 e. The minimum atomic E-state index is -0.983. The normalized spacial score (nSPS) is 11.0. The van der Waals surface area contributed by atoms with Gasteiger partial charge in [-0.3, -0.25) is 28.9 Å². The molecule has 0 saturated heterocycles. The number of carboxylic acids is 2. The minimum absolute atomic E-state index is 0.140. The molecule has 4 rings (SSSR count). The first-order valence-electron chi connectivity index (χ1n) is 16.9. The fourth-order valence-corrected chi connectivity index (χ4v) is 5.40. The third-order valence-electron chi connectivity index (χ3n) is 7.64. The molecular weight excluding hydrogens is 682 g/mol. The van der Waals surface area contributed by atoms with Crippen molar-refractivity contribution in [1.82, 2.24) is 4.90 Å². The number of rotatable bonds is 17. The number of carbonyl (C=O) groups is 5. The van der Waals surface area contributed by atoms with Crippen LogP contribution in [0.25, 0.3) is 0 Å². The molecule has 0 spiro atoms. The molecule has 0 amide bonds. The molecule has 280 valence electrons. The molecule has 4 aromatic carbocycles. The predicted molar refractivity (Wildman–Crippen MR) is 197 cm³/mol. The van der Waals surface area contributed by atoms with Crippen LogP contribution in [0.5, 0.6) is 17.2 Å². The van der Waals surface area contributed by atoms with Crippen LogP contribution in [-0.4, -0.2) is 64.1 Å². The number of ether oxygens (including phenoxy) is 3. The number of carboxylic acid groups (broad SMARTS) is 2. The fraction of sp³-hybridized carbons (Fsp3) is 0.275. The Morgan fingerprint density at radius 2 is 1.00 bits per heavy atom. The zero-order valence-electron chi connectivity index (χ0n) is 30.0. The lowest BCUT2D eigenvalue weighted by molar-refractivity contribution is -0.144. The highest BCUT2D eigenvalue weighted by Crippen LogP contribution is 2.27. The van der Waals surface area contributed by atoms with Crippen LogP contribution >= 0.6 is 0 Å². The smallest absolute Gasteiger partial charge is 0.323 e. The van der Waals surface area contributed by atoms with Crippen LogP contribution < -0.4 is 24.8 Å². The van der Waals surface area contributed by atoms with Gasteiger partial charge in [-0.2, -0.15) is 0 Å². The Kier molecular flexibility index (Phi) is 16.7. The molecule has 4 N–H and O–H groups in total. The van der Waals surface area contributed by atoms with Gasteiger partial charge in [0.25, 0.3) is 0 Å². The van der Waals surface area contributed by atoms with E-state index in [1.807, 2.05) is 42.5 Å². The van der Waals surface area contributed by atoms with Gasteiger partial charge >= 0.3 is 29.8 Å². The van der Waals surface area contributed by atoms with Gasteiger partial charge in [0.15, 0.2) is 0 Å². The molecule has 53 heavy (non-hydrogen) atoms. The number of hydrogen-bond donors (Lipinski definition) is 3. The van der Waals surface area contributed by atoms with Gasteiger partial charge in [-0.05, 0) is 49.7 Å². The van der Waals surface area contributed by atoms with Crippen LogP contribution in [0.1, 0.15) is 50.3 Å². The van der Waals surface area contributed by atoms with Gasteiger partial charge in [-0.1, -0.05) is 72.8 Å².